The Bertz CT molecular complexity index is 3850. The van der Waals surface area contributed by atoms with E-state index in [4.69, 9.17) is 0 Å². The molecule has 2 aliphatic carbocycles. The van der Waals surface area contributed by atoms with Crippen molar-refractivity contribution in [1.29, 1.82) is 0 Å². The number of anilines is 6. The molecule has 0 aliphatic heterocycles. The molecule has 0 amide bonds. The van der Waals surface area contributed by atoms with Gasteiger partial charge in [-0.05, 0) is 167 Å². The summed E-state index contributed by atoms with van der Waals surface area (Å²) in [4.78, 5) is 4.63. The average Bonchev–Trinajstić information content (AvgIpc) is 3.93. The molecule has 0 unspecified atom stereocenters. The summed E-state index contributed by atoms with van der Waals surface area (Å²) in [6, 6.07) is 102. The first-order chi connectivity index (χ1) is 35.2. The second kappa shape index (κ2) is 16.5. The predicted molar refractivity (Wildman–Crippen MR) is 298 cm³/mol. The molecule has 0 atom stereocenters. The molecule has 0 fully saturated rings. The number of rotatable bonds is 9. The molecule has 0 aromatic heterocycles. The summed E-state index contributed by atoms with van der Waals surface area (Å²) in [6.07, 6.45) is 0. The van der Waals surface area contributed by atoms with Crippen molar-refractivity contribution >= 4 is 55.7 Å². The first kappa shape index (κ1) is 40.8. The van der Waals surface area contributed by atoms with Crippen LogP contribution in [-0.2, 0) is 5.41 Å². The molecule has 0 radical (unpaired) electrons. The molecular weight excluding hydrogens is 857 g/mol. The van der Waals surface area contributed by atoms with E-state index >= 15 is 0 Å². The van der Waals surface area contributed by atoms with Crippen molar-refractivity contribution in [1.82, 2.24) is 0 Å². The summed E-state index contributed by atoms with van der Waals surface area (Å²) in [6.45, 7) is 0. The molecule has 71 heavy (non-hydrogen) atoms. The third kappa shape index (κ3) is 6.42. The van der Waals surface area contributed by atoms with Gasteiger partial charge < -0.3 is 9.80 Å². The van der Waals surface area contributed by atoms with E-state index in [-0.39, 0.29) is 5.41 Å². The van der Waals surface area contributed by atoms with Crippen molar-refractivity contribution in [3.63, 3.8) is 0 Å². The molecular formula is C69H46N2. The van der Waals surface area contributed by atoms with E-state index in [0.717, 1.165) is 34.1 Å². The zero-order valence-corrected chi connectivity index (χ0v) is 39.0. The summed E-state index contributed by atoms with van der Waals surface area (Å²) < 4.78 is 0. The van der Waals surface area contributed by atoms with Crippen LogP contribution < -0.4 is 9.80 Å². The molecule has 1 spiro atoms. The van der Waals surface area contributed by atoms with E-state index in [2.05, 4.69) is 289 Å². The number of nitrogens with zero attached hydrogens (tertiary/aromatic N) is 2. The predicted octanol–water partition coefficient (Wildman–Crippen LogP) is 18.6. The average molecular weight is 903 g/mol. The summed E-state index contributed by atoms with van der Waals surface area (Å²) in [5.74, 6) is 0. The fourth-order valence-electron chi connectivity index (χ4n) is 11.9. The van der Waals surface area contributed by atoms with Crippen molar-refractivity contribution in [2.45, 2.75) is 5.41 Å². The number of hydrogen-bond acceptors (Lipinski definition) is 2. The molecule has 12 aromatic carbocycles. The lowest BCUT2D eigenvalue weighted by Crippen LogP contribution is -2.25. The summed E-state index contributed by atoms with van der Waals surface area (Å²) in [5.41, 5.74) is 21.7. The van der Waals surface area contributed by atoms with Crippen molar-refractivity contribution in [3.05, 3.63) is 301 Å². The van der Waals surface area contributed by atoms with Crippen LogP contribution in [0.5, 0.6) is 0 Å². The topological polar surface area (TPSA) is 6.48 Å². The van der Waals surface area contributed by atoms with Gasteiger partial charge in [0.05, 0.1) is 5.41 Å². The zero-order valence-electron chi connectivity index (χ0n) is 39.0. The quantitative estimate of drug-likeness (QED) is 0.133. The van der Waals surface area contributed by atoms with Crippen LogP contribution in [0.2, 0.25) is 0 Å². The maximum absolute atomic E-state index is 2.42. The Kier molecular flexibility index (Phi) is 9.47. The van der Waals surface area contributed by atoms with Crippen LogP contribution in [0, 0.1) is 0 Å². The highest BCUT2D eigenvalue weighted by molar-refractivity contribution is 6.21. The molecule has 2 heteroatoms. The third-order valence-electron chi connectivity index (χ3n) is 15.0. The van der Waals surface area contributed by atoms with E-state index < -0.39 is 0 Å². The van der Waals surface area contributed by atoms with E-state index in [1.54, 1.807) is 0 Å². The molecule has 0 saturated carbocycles. The largest absolute Gasteiger partial charge is 0.311 e. The molecule has 0 heterocycles. The lowest BCUT2D eigenvalue weighted by atomic mass is 9.70. The molecule has 14 rings (SSSR count). The molecule has 332 valence electrons. The van der Waals surface area contributed by atoms with Crippen LogP contribution in [-0.4, -0.2) is 0 Å². The number of fused-ring (bicyclic) bond motifs is 7. The zero-order chi connectivity index (χ0) is 46.9. The molecule has 2 aliphatic rings. The van der Waals surface area contributed by atoms with E-state index in [1.165, 1.54) is 88.3 Å². The van der Waals surface area contributed by atoms with Gasteiger partial charge >= 0.3 is 0 Å². The Balaban J connectivity index is 0.766. The summed E-state index contributed by atoms with van der Waals surface area (Å²) >= 11 is 0. The monoisotopic (exact) mass is 902 g/mol. The smallest absolute Gasteiger partial charge is 0.0725 e. The van der Waals surface area contributed by atoms with Crippen LogP contribution in [0.4, 0.5) is 34.1 Å². The van der Waals surface area contributed by atoms with Crippen molar-refractivity contribution in [3.8, 4) is 44.5 Å². The molecule has 2 nitrogen and oxygen atoms in total. The number of hydrogen-bond donors (Lipinski definition) is 0. The van der Waals surface area contributed by atoms with Gasteiger partial charge in [0, 0.05) is 34.1 Å². The second-order valence-electron chi connectivity index (χ2n) is 18.8. The third-order valence-corrected chi connectivity index (χ3v) is 15.0. The normalized spacial score (nSPS) is 12.6. The van der Waals surface area contributed by atoms with Crippen LogP contribution in [0.25, 0.3) is 66.1 Å². The van der Waals surface area contributed by atoms with Gasteiger partial charge in [-0.15, -0.1) is 0 Å². The van der Waals surface area contributed by atoms with Crippen LogP contribution in [0.15, 0.2) is 279 Å². The first-order valence-electron chi connectivity index (χ1n) is 24.6. The number of benzene rings is 12. The summed E-state index contributed by atoms with van der Waals surface area (Å²) in [5, 5.41) is 5.35. The molecule has 0 saturated heterocycles. The minimum absolute atomic E-state index is 0.342. The van der Waals surface area contributed by atoms with E-state index in [9.17, 15) is 0 Å². The number of para-hydroxylation sites is 3. The lowest BCUT2D eigenvalue weighted by Gasteiger charge is -2.30. The van der Waals surface area contributed by atoms with E-state index in [0.29, 0.717) is 0 Å². The first-order valence-corrected chi connectivity index (χ1v) is 24.6. The minimum Gasteiger partial charge on any atom is -0.311 e. The SMILES string of the molecule is c1ccc(N(c2ccccc2)c2ccc(-c3ccc(N(c4ccccc4)c4ccc(-c5ccc(-c6cc7cccc8c7c7c(cccc67)C86c7ccccc7-c7ccccc76)cc5)cc4)cc3)cc2)cc1. The van der Waals surface area contributed by atoms with Gasteiger partial charge in [-0.25, -0.2) is 0 Å². The van der Waals surface area contributed by atoms with Crippen LogP contribution >= 0.6 is 0 Å². The molecule has 0 N–H and O–H groups in total. The lowest BCUT2D eigenvalue weighted by molar-refractivity contribution is 0.797. The highest BCUT2D eigenvalue weighted by Gasteiger charge is 2.50. The fraction of sp³-hybridized carbons (Fsp3) is 0.0145. The molecule has 12 aromatic rings. The van der Waals surface area contributed by atoms with Crippen LogP contribution in [0.3, 0.4) is 0 Å². The second-order valence-corrected chi connectivity index (χ2v) is 18.8. The maximum atomic E-state index is 2.42. The van der Waals surface area contributed by atoms with Gasteiger partial charge in [-0.1, -0.05) is 200 Å². The standard InChI is InChI=1S/C69H46N2/c1-4-17-53(18-5-1)70(54-19-6-2-7-20-54)56-40-36-49(37-41-56)50-38-44-58(45-39-50)71(55-21-8-3-9-22-55)57-42-34-48(35-43-57)47-30-32-51(33-31-47)62-46-52-16-14-28-65-67(52)68-61(62)25-15-29-66(68)69(65)63-26-12-10-23-59(63)60-24-11-13-27-64(60)69/h1-46H. The Morgan fingerprint density at radius 2 is 0.563 bits per heavy atom. The Labute approximate surface area is 414 Å². The van der Waals surface area contributed by atoms with Gasteiger partial charge in [0.15, 0.2) is 0 Å². The van der Waals surface area contributed by atoms with Crippen molar-refractivity contribution in [2.75, 3.05) is 9.80 Å². The Morgan fingerprint density at radius 1 is 0.225 bits per heavy atom. The van der Waals surface area contributed by atoms with Gasteiger partial charge in [-0.3, -0.25) is 0 Å². The highest BCUT2D eigenvalue weighted by Crippen LogP contribution is 2.63. The minimum atomic E-state index is -0.342. The Hall–Kier alpha value is -9.24. The maximum Gasteiger partial charge on any atom is 0.0725 e. The van der Waals surface area contributed by atoms with Crippen molar-refractivity contribution in [2.24, 2.45) is 0 Å². The van der Waals surface area contributed by atoms with Gasteiger partial charge in [0.2, 0.25) is 0 Å². The fourth-order valence-corrected chi connectivity index (χ4v) is 11.9. The Morgan fingerprint density at radius 3 is 1.01 bits per heavy atom. The molecule has 0 bridgehead atoms. The van der Waals surface area contributed by atoms with Gasteiger partial charge in [-0.2, -0.15) is 0 Å². The van der Waals surface area contributed by atoms with Gasteiger partial charge in [0.25, 0.3) is 0 Å². The van der Waals surface area contributed by atoms with Gasteiger partial charge in [0.1, 0.15) is 0 Å². The highest BCUT2D eigenvalue weighted by atomic mass is 15.1. The van der Waals surface area contributed by atoms with Crippen LogP contribution in [0.1, 0.15) is 22.3 Å². The van der Waals surface area contributed by atoms with Crippen molar-refractivity contribution < 1.29 is 0 Å². The van der Waals surface area contributed by atoms with E-state index in [1.807, 2.05) is 0 Å². The summed E-state index contributed by atoms with van der Waals surface area (Å²) in [7, 11) is 0.